The zero-order valence-corrected chi connectivity index (χ0v) is 10.8. The normalized spacial score (nSPS) is 10.1. The molecule has 7 heteroatoms. The van der Waals surface area contributed by atoms with Crippen LogP contribution in [0.2, 0.25) is 0 Å². The monoisotopic (exact) mass is 306 g/mol. The summed E-state index contributed by atoms with van der Waals surface area (Å²) >= 11 is 0. The van der Waals surface area contributed by atoms with E-state index in [0.717, 1.165) is 30.3 Å². The number of alkyl halides is 2. The van der Waals surface area contributed by atoms with Gasteiger partial charge in [-0.3, -0.25) is 0 Å². The second-order valence-corrected chi connectivity index (χ2v) is 4.14. The van der Waals surface area contributed by atoms with Crippen molar-refractivity contribution < 1.29 is 22.3 Å². The number of ether oxygens (including phenoxy) is 1. The van der Waals surface area contributed by atoms with Crippen LogP contribution in [0.5, 0.6) is 11.5 Å². The SMILES string of the molecule is N#Cc1cc(F)cc(Oc2ccc(C#N)c(F)c2C(F)F)c1. The first kappa shape index (κ1) is 15.3. The number of nitrogens with zero attached hydrogens (tertiary/aromatic N) is 2. The van der Waals surface area contributed by atoms with Crippen LogP contribution >= 0.6 is 0 Å². The lowest BCUT2D eigenvalue weighted by Gasteiger charge is -2.12. The van der Waals surface area contributed by atoms with Gasteiger partial charge in [0.25, 0.3) is 6.43 Å². The van der Waals surface area contributed by atoms with E-state index in [0.29, 0.717) is 0 Å². The fourth-order valence-electron chi connectivity index (χ4n) is 1.77. The number of halogens is 4. The van der Waals surface area contributed by atoms with E-state index in [1.165, 1.54) is 6.07 Å². The van der Waals surface area contributed by atoms with Crippen LogP contribution in [-0.4, -0.2) is 0 Å². The van der Waals surface area contributed by atoms with Crippen molar-refractivity contribution in [3.63, 3.8) is 0 Å². The molecule has 0 heterocycles. The Balaban J connectivity index is 2.51. The third kappa shape index (κ3) is 2.99. The lowest BCUT2D eigenvalue weighted by Crippen LogP contribution is -1.99. The molecular formula is C15H6F4N2O. The van der Waals surface area contributed by atoms with Crippen molar-refractivity contribution in [1.29, 1.82) is 10.5 Å². The topological polar surface area (TPSA) is 56.8 Å². The maximum Gasteiger partial charge on any atom is 0.270 e. The van der Waals surface area contributed by atoms with Gasteiger partial charge in [0.05, 0.1) is 22.8 Å². The molecule has 0 aliphatic rings. The minimum atomic E-state index is -3.23. The molecule has 0 fully saturated rings. The van der Waals surface area contributed by atoms with E-state index in [1.807, 2.05) is 0 Å². The van der Waals surface area contributed by atoms with Gasteiger partial charge in [-0.2, -0.15) is 10.5 Å². The van der Waals surface area contributed by atoms with E-state index < -0.39 is 34.9 Å². The molecule has 2 rings (SSSR count). The molecule has 0 aliphatic heterocycles. The van der Waals surface area contributed by atoms with Crippen LogP contribution in [0.25, 0.3) is 0 Å². The largest absolute Gasteiger partial charge is 0.457 e. The maximum atomic E-state index is 13.8. The van der Waals surface area contributed by atoms with Gasteiger partial charge in [0.15, 0.2) is 5.82 Å². The zero-order valence-electron chi connectivity index (χ0n) is 10.8. The Hall–Kier alpha value is -3.06. The highest BCUT2D eigenvalue weighted by Gasteiger charge is 2.23. The highest BCUT2D eigenvalue weighted by atomic mass is 19.3. The van der Waals surface area contributed by atoms with Crippen LogP contribution in [0, 0.1) is 34.3 Å². The summed E-state index contributed by atoms with van der Waals surface area (Å²) in [5, 5.41) is 17.4. The smallest absolute Gasteiger partial charge is 0.270 e. The molecule has 0 unspecified atom stereocenters. The average Bonchev–Trinajstić information content (AvgIpc) is 2.46. The van der Waals surface area contributed by atoms with Gasteiger partial charge in [0.2, 0.25) is 0 Å². The third-order valence-electron chi connectivity index (χ3n) is 2.71. The summed E-state index contributed by atoms with van der Waals surface area (Å²) in [7, 11) is 0. The van der Waals surface area contributed by atoms with Gasteiger partial charge in [-0.05, 0) is 24.3 Å². The molecule has 0 bridgehead atoms. The van der Waals surface area contributed by atoms with Gasteiger partial charge in [-0.25, -0.2) is 17.6 Å². The lowest BCUT2D eigenvalue weighted by atomic mass is 10.1. The molecule has 3 nitrogen and oxygen atoms in total. The van der Waals surface area contributed by atoms with Gasteiger partial charge < -0.3 is 4.74 Å². The molecule has 0 amide bonds. The first-order valence-electron chi connectivity index (χ1n) is 5.85. The minimum absolute atomic E-state index is 0.0808. The Morgan fingerprint density at radius 2 is 1.73 bits per heavy atom. The molecule has 0 radical (unpaired) electrons. The van der Waals surface area contributed by atoms with Crippen molar-refractivity contribution in [3.05, 3.63) is 58.7 Å². The fraction of sp³-hybridized carbons (Fsp3) is 0.0667. The van der Waals surface area contributed by atoms with Crippen molar-refractivity contribution in [2.45, 2.75) is 6.43 Å². The summed E-state index contributed by atoms with van der Waals surface area (Å²) in [6.45, 7) is 0. The molecule has 2 aromatic rings. The van der Waals surface area contributed by atoms with Crippen LogP contribution < -0.4 is 4.74 Å². The lowest BCUT2D eigenvalue weighted by molar-refractivity contribution is 0.142. The molecule has 0 N–H and O–H groups in total. The summed E-state index contributed by atoms with van der Waals surface area (Å²) in [6, 6.07) is 7.99. The summed E-state index contributed by atoms with van der Waals surface area (Å²) in [6.07, 6.45) is -3.23. The second kappa shape index (κ2) is 6.15. The van der Waals surface area contributed by atoms with Gasteiger partial charge in [0.1, 0.15) is 23.4 Å². The third-order valence-corrected chi connectivity index (χ3v) is 2.71. The Morgan fingerprint density at radius 3 is 2.32 bits per heavy atom. The van der Waals surface area contributed by atoms with E-state index >= 15 is 0 Å². The number of nitriles is 2. The second-order valence-electron chi connectivity index (χ2n) is 4.14. The van der Waals surface area contributed by atoms with Gasteiger partial charge in [-0.15, -0.1) is 0 Å². The molecular weight excluding hydrogens is 300 g/mol. The number of hydrogen-bond acceptors (Lipinski definition) is 3. The summed E-state index contributed by atoms with van der Waals surface area (Å²) < 4.78 is 58.1. The molecule has 110 valence electrons. The van der Waals surface area contributed by atoms with Gasteiger partial charge >= 0.3 is 0 Å². The van der Waals surface area contributed by atoms with Gasteiger partial charge in [-0.1, -0.05) is 0 Å². The van der Waals surface area contributed by atoms with Crippen molar-refractivity contribution in [1.82, 2.24) is 0 Å². The van der Waals surface area contributed by atoms with E-state index in [1.54, 1.807) is 6.07 Å². The maximum absolute atomic E-state index is 13.8. The zero-order chi connectivity index (χ0) is 16.3. The predicted molar refractivity (Wildman–Crippen MR) is 67.3 cm³/mol. The van der Waals surface area contributed by atoms with Crippen LogP contribution in [-0.2, 0) is 0 Å². The van der Waals surface area contributed by atoms with Gasteiger partial charge in [0, 0.05) is 6.07 Å². The molecule has 0 saturated carbocycles. The summed E-state index contributed by atoms with van der Waals surface area (Å²) in [5.74, 6) is -2.99. The number of benzene rings is 2. The van der Waals surface area contributed by atoms with Crippen LogP contribution in [0.3, 0.4) is 0 Å². The van der Waals surface area contributed by atoms with Crippen molar-refractivity contribution in [2.75, 3.05) is 0 Å². The quantitative estimate of drug-likeness (QED) is 0.788. The highest BCUT2D eigenvalue weighted by Crippen LogP contribution is 2.36. The molecule has 22 heavy (non-hydrogen) atoms. The molecule has 2 aromatic carbocycles. The van der Waals surface area contributed by atoms with E-state index in [9.17, 15) is 17.6 Å². The minimum Gasteiger partial charge on any atom is -0.457 e. The molecule has 0 atom stereocenters. The highest BCUT2D eigenvalue weighted by molar-refractivity contribution is 5.47. The first-order chi connectivity index (χ1) is 10.5. The van der Waals surface area contributed by atoms with Crippen LogP contribution in [0.1, 0.15) is 23.1 Å². The van der Waals surface area contributed by atoms with E-state index in [2.05, 4.69) is 0 Å². The van der Waals surface area contributed by atoms with Crippen molar-refractivity contribution in [2.24, 2.45) is 0 Å². The number of hydrogen-bond donors (Lipinski definition) is 0. The molecule has 0 saturated heterocycles. The number of rotatable bonds is 3. The van der Waals surface area contributed by atoms with Crippen LogP contribution in [0.15, 0.2) is 30.3 Å². The fourth-order valence-corrected chi connectivity index (χ4v) is 1.77. The summed E-state index contributed by atoms with van der Waals surface area (Å²) in [5.41, 5.74) is -1.73. The van der Waals surface area contributed by atoms with E-state index in [-0.39, 0.29) is 11.3 Å². The molecule has 0 aliphatic carbocycles. The van der Waals surface area contributed by atoms with Crippen molar-refractivity contribution >= 4 is 0 Å². The molecule has 0 spiro atoms. The predicted octanol–water partition coefficient (Wildman–Crippen LogP) is 4.44. The van der Waals surface area contributed by atoms with Crippen molar-refractivity contribution in [3.8, 4) is 23.6 Å². The summed E-state index contributed by atoms with van der Waals surface area (Å²) in [4.78, 5) is 0. The first-order valence-corrected chi connectivity index (χ1v) is 5.85. The Kier molecular flexibility index (Phi) is 4.28. The Labute approximate surface area is 122 Å². The Morgan fingerprint density at radius 1 is 1.00 bits per heavy atom. The Bertz CT molecular complexity index is 806. The molecule has 0 aromatic heterocycles. The standard InChI is InChI=1S/C15H6F4N2O/c16-10-3-8(6-20)4-11(5-10)22-12-2-1-9(7-21)14(17)13(12)15(18)19/h1-5,15H. The van der Waals surface area contributed by atoms with E-state index in [4.69, 9.17) is 15.3 Å². The van der Waals surface area contributed by atoms with Crippen LogP contribution in [0.4, 0.5) is 17.6 Å². The average molecular weight is 306 g/mol.